The van der Waals surface area contributed by atoms with Crippen molar-refractivity contribution < 1.29 is 4.79 Å². The van der Waals surface area contributed by atoms with Crippen molar-refractivity contribution in [2.24, 2.45) is 5.92 Å². The molecule has 1 N–H and O–H groups in total. The molecule has 1 atom stereocenters. The van der Waals surface area contributed by atoms with Gasteiger partial charge in [0.15, 0.2) is 0 Å². The first-order chi connectivity index (χ1) is 8.02. The molecule has 0 bridgehead atoms. The SMILES string of the molecule is CC(C)C1CCNc2c(C(=O)N(C)C)cnn21. The van der Waals surface area contributed by atoms with Gasteiger partial charge in [0.05, 0.1) is 12.2 Å². The molecule has 0 saturated heterocycles. The Bertz CT molecular complexity index is 422. The lowest BCUT2D eigenvalue weighted by molar-refractivity contribution is 0.0828. The smallest absolute Gasteiger partial charge is 0.258 e. The predicted octanol–water partition coefficient (Wildman–Crippen LogP) is 1.60. The first-order valence-corrected chi connectivity index (χ1v) is 6.05. The maximum atomic E-state index is 12.0. The van der Waals surface area contributed by atoms with Crippen molar-refractivity contribution in [2.75, 3.05) is 26.0 Å². The minimum Gasteiger partial charge on any atom is -0.370 e. The molecule has 5 nitrogen and oxygen atoms in total. The molecule has 1 unspecified atom stereocenters. The number of hydrogen-bond acceptors (Lipinski definition) is 3. The third-order valence-corrected chi connectivity index (χ3v) is 3.25. The lowest BCUT2D eigenvalue weighted by Crippen LogP contribution is -2.29. The van der Waals surface area contributed by atoms with Crippen molar-refractivity contribution in [3.05, 3.63) is 11.8 Å². The summed E-state index contributed by atoms with van der Waals surface area (Å²) in [5, 5.41) is 7.65. The molecule has 5 heteroatoms. The molecule has 1 aliphatic heterocycles. The van der Waals surface area contributed by atoms with Crippen LogP contribution in [0.2, 0.25) is 0 Å². The van der Waals surface area contributed by atoms with Crippen molar-refractivity contribution in [2.45, 2.75) is 26.3 Å². The van der Waals surface area contributed by atoms with E-state index in [1.54, 1.807) is 25.2 Å². The van der Waals surface area contributed by atoms with Crippen LogP contribution in [0, 0.1) is 5.92 Å². The molecule has 0 radical (unpaired) electrons. The van der Waals surface area contributed by atoms with E-state index in [0.717, 1.165) is 18.8 Å². The van der Waals surface area contributed by atoms with Crippen LogP contribution in [0.5, 0.6) is 0 Å². The molecule has 0 aromatic carbocycles. The van der Waals surface area contributed by atoms with Crippen molar-refractivity contribution in [3.8, 4) is 0 Å². The van der Waals surface area contributed by atoms with Gasteiger partial charge in [-0.1, -0.05) is 13.8 Å². The van der Waals surface area contributed by atoms with Crippen LogP contribution in [0.25, 0.3) is 0 Å². The van der Waals surface area contributed by atoms with Crippen LogP contribution in [-0.4, -0.2) is 41.2 Å². The summed E-state index contributed by atoms with van der Waals surface area (Å²) in [4.78, 5) is 13.6. The minimum absolute atomic E-state index is 0.00292. The molecule has 0 saturated carbocycles. The monoisotopic (exact) mass is 236 g/mol. The Kier molecular flexibility index (Phi) is 3.09. The van der Waals surface area contributed by atoms with Gasteiger partial charge in [-0.05, 0) is 12.3 Å². The number of aromatic nitrogens is 2. The molecule has 1 amide bonds. The Morgan fingerprint density at radius 3 is 2.88 bits per heavy atom. The molecule has 17 heavy (non-hydrogen) atoms. The largest absolute Gasteiger partial charge is 0.370 e. The Balaban J connectivity index is 2.38. The van der Waals surface area contributed by atoms with Gasteiger partial charge >= 0.3 is 0 Å². The Morgan fingerprint density at radius 1 is 1.59 bits per heavy atom. The maximum absolute atomic E-state index is 12.0. The Labute approximate surface area is 102 Å². The first kappa shape index (κ1) is 12.0. The summed E-state index contributed by atoms with van der Waals surface area (Å²) < 4.78 is 1.96. The number of carbonyl (C=O) groups is 1. The quantitative estimate of drug-likeness (QED) is 0.848. The fourth-order valence-electron chi connectivity index (χ4n) is 2.26. The summed E-state index contributed by atoms with van der Waals surface area (Å²) in [6.45, 7) is 5.28. The average Bonchev–Trinajstić information content (AvgIpc) is 2.70. The number of hydrogen-bond donors (Lipinski definition) is 1. The highest BCUT2D eigenvalue weighted by atomic mass is 16.2. The van der Waals surface area contributed by atoms with Crippen LogP contribution in [-0.2, 0) is 0 Å². The standard InChI is InChI=1S/C12H20N4O/c1-8(2)10-5-6-13-11-9(7-14-16(10)11)12(17)15(3)4/h7-8,10,13H,5-6H2,1-4H3. The van der Waals surface area contributed by atoms with Crippen LogP contribution >= 0.6 is 0 Å². The van der Waals surface area contributed by atoms with Gasteiger partial charge in [0.25, 0.3) is 5.91 Å². The number of anilines is 1. The summed E-state index contributed by atoms with van der Waals surface area (Å²) in [5.74, 6) is 1.40. The van der Waals surface area contributed by atoms with Gasteiger partial charge in [0, 0.05) is 20.6 Å². The Hall–Kier alpha value is -1.52. The van der Waals surface area contributed by atoms with Gasteiger partial charge < -0.3 is 10.2 Å². The minimum atomic E-state index is 0.00292. The zero-order chi connectivity index (χ0) is 12.6. The van der Waals surface area contributed by atoms with E-state index < -0.39 is 0 Å². The molecule has 1 aromatic heterocycles. The third kappa shape index (κ3) is 2.01. The summed E-state index contributed by atoms with van der Waals surface area (Å²) >= 11 is 0. The second-order valence-corrected chi connectivity index (χ2v) is 5.08. The average molecular weight is 236 g/mol. The predicted molar refractivity (Wildman–Crippen MR) is 67.2 cm³/mol. The van der Waals surface area contributed by atoms with Gasteiger partial charge in [0.2, 0.25) is 0 Å². The molecule has 0 fully saturated rings. The number of rotatable bonds is 2. The van der Waals surface area contributed by atoms with Crippen molar-refractivity contribution in [3.63, 3.8) is 0 Å². The fourth-order valence-corrected chi connectivity index (χ4v) is 2.26. The molecular formula is C12H20N4O. The summed E-state index contributed by atoms with van der Waals surface area (Å²) in [6.07, 6.45) is 2.73. The fraction of sp³-hybridized carbons (Fsp3) is 0.667. The van der Waals surface area contributed by atoms with E-state index >= 15 is 0 Å². The van der Waals surface area contributed by atoms with E-state index in [2.05, 4.69) is 24.3 Å². The molecule has 2 heterocycles. The van der Waals surface area contributed by atoms with Crippen molar-refractivity contribution in [1.82, 2.24) is 14.7 Å². The van der Waals surface area contributed by atoms with E-state index in [0.29, 0.717) is 17.5 Å². The van der Waals surface area contributed by atoms with Crippen molar-refractivity contribution in [1.29, 1.82) is 0 Å². The van der Waals surface area contributed by atoms with Gasteiger partial charge in [0.1, 0.15) is 11.4 Å². The summed E-state index contributed by atoms with van der Waals surface area (Å²) in [7, 11) is 3.52. The van der Waals surface area contributed by atoms with Crippen LogP contribution < -0.4 is 5.32 Å². The van der Waals surface area contributed by atoms with Gasteiger partial charge in [-0.15, -0.1) is 0 Å². The lowest BCUT2D eigenvalue weighted by Gasteiger charge is -2.29. The molecule has 0 aliphatic carbocycles. The third-order valence-electron chi connectivity index (χ3n) is 3.25. The number of fused-ring (bicyclic) bond motifs is 1. The van der Waals surface area contributed by atoms with Crippen LogP contribution in [0.3, 0.4) is 0 Å². The Morgan fingerprint density at radius 2 is 2.29 bits per heavy atom. The highest BCUT2D eigenvalue weighted by Gasteiger charge is 2.27. The first-order valence-electron chi connectivity index (χ1n) is 6.05. The summed E-state index contributed by atoms with van der Waals surface area (Å²) in [5.41, 5.74) is 0.667. The highest BCUT2D eigenvalue weighted by Crippen LogP contribution is 2.31. The number of nitrogens with one attached hydrogen (secondary N) is 1. The van der Waals surface area contributed by atoms with Crippen molar-refractivity contribution >= 4 is 11.7 Å². The zero-order valence-corrected chi connectivity index (χ0v) is 10.9. The van der Waals surface area contributed by atoms with Gasteiger partial charge in [-0.3, -0.25) is 4.79 Å². The van der Waals surface area contributed by atoms with Crippen LogP contribution in [0.15, 0.2) is 6.20 Å². The maximum Gasteiger partial charge on any atom is 0.258 e. The number of amides is 1. The van der Waals surface area contributed by atoms with E-state index in [4.69, 9.17) is 0 Å². The van der Waals surface area contributed by atoms with E-state index in [1.165, 1.54) is 0 Å². The zero-order valence-electron chi connectivity index (χ0n) is 10.9. The highest BCUT2D eigenvalue weighted by molar-refractivity contribution is 5.98. The molecule has 1 aliphatic rings. The van der Waals surface area contributed by atoms with E-state index in [9.17, 15) is 4.79 Å². The topological polar surface area (TPSA) is 50.2 Å². The molecule has 1 aromatic rings. The summed E-state index contributed by atoms with van der Waals surface area (Å²) in [6, 6.07) is 0.384. The molecular weight excluding hydrogens is 216 g/mol. The van der Waals surface area contributed by atoms with Crippen LogP contribution in [0.1, 0.15) is 36.7 Å². The molecule has 94 valence electrons. The second kappa shape index (κ2) is 4.39. The lowest BCUT2D eigenvalue weighted by atomic mass is 9.99. The number of nitrogens with zero attached hydrogens (tertiary/aromatic N) is 3. The van der Waals surface area contributed by atoms with Gasteiger partial charge in [-0.25, -0.2) is 4.68 Å². The molecule has 2 rings (SSSR count). The van der Waals surface area contributed by atoms with Gasteiger partial charge in [-0.2, -0.15) is 5.10 Å². The van der Waals surface area contributed by atoms with Crippen LogP contribution in [0.4, 0.5) is 5.82 Å². The van der Waals surface area contributed by atoms with E-state index in [1.807, 2.05) is 4.68 Å². The normalized spacial score (nSPS) is 18.8. The molecule has 0 spiro atoms. The van der Waals surface area contributed by atoms with E-state index in [-0.39, 0.29) is 5.91 Å². The second-order valence-electron chi connectivity index (χ2n) is 5.08. The number of carbonyl (C=O) groups excluding carboxylic acids is 1.